The fraction of sp³-hybridized carbons (Fsp3) is 0.769. The van der Waals surface area contributed by atoms with Crippen LogP contribution in [0.5, 0.6) is 0 Å². The molecule has 2 atom stereocenters. The largest absolute Gasteiger partial charge is 0.368 e. The van der Waals surface area contributed by atoms with Gasteiger partial charge in [-0.2, -0.15) is 0 Å². The van der Waals surface area contributed by atoms with E-state index in [1.54, 1.807) is 0 Å². The van der Waals surface area contributed by atoms with Gasteiger partial charge in [0.1, 0.15) is 6.04 Å². The second kappa shape index (κ2) is 7.11. The highest BCUT2D eigenvalue weighted by Gasteiger charge is 2.26. The number of piperidine rings is 1. The number of rotatable bonds is 6. The molecular formula is C13H23N3O3. The first kappa shape index (κ1) is 15.5. The van der Waals surface area contributed by atoms with E-state index < -0.39 is 11.9 Å². The molecule has 1 aliphatic heterocycles. The van der Waals surface area contributed by atoms with Crippen molar-refractivity contribution in [2.45, 2.75) is 45.6 Å². The molecule has 108 valence electrons. The molecule has 3 N–H and O–H groups in total. The Labute approximate surface area is 113 Å². The van der Waals surface area contributed by atoms with Crippen molar-refractivity contribution in [3.63, 3.8) is 0 Å². The van der Waals surface area contributed by atoms with Crippen LogP contribution < -0.4 is 11.1 Å². The maximum Gasteiger partial charge on any atom is 0.240 e. The minimum atomic E-state index is -0.669. The Morgan fingerprint density at radius 3 is 2.63 bits per heavy atom. The maximum atomic E-state index is 11.9. The van der Waals surface area contributed by atoms with Crippen molar-refractivity contribution in [3.05, 3.63) is 0 Å². The lowest BCUT2D eigenvalue weighted by Crippen LogP contribution is -2.52. The molecule has 0 radical (unpaired) electrons. The summed E-state index contributed by atoms with van der Waals surface area (Å²) in [6, 6.07) is -0.669. The van der Waals surface area contributed by atoms with Crippen molar-refractivity contribution >= 4 is 17.7 Å². The topological polar surface area (TPSA) is 92.5 Å². The van der Waals surface area contributed by atoms with Crippen molar-refractivity contribution in [1.29, 1.82) is 0 Å². The summed E-state index contributed by atoms with van der Waals surface area (Å²) >= 11 is 0. The predicted molar refractivity (Wildman–Crippen MR) is 71.0 cm³/mol. The first-order valence-corrected chi connectivity index (χ1v) is 6.82. The zero-order valence-corrected chi connectivity index (χ0v) is 11.6. The average molecular weight is 269 g/mol. The number of carbonyl (C=O) groups is 3. The van der Waals surface area contributed by atoms with Crippen LogP contribution >= 0.6 is 0 Å². The zero-order valence-electron chi connectivity index (χ0n) is 11.6. The third-order valence-electron chi connectivity index (χ3n) is 3.59. The number of amides is 3. The van der Waals surface area contributed by atoms with Gasteiger partial charge in [-0.1, -0.05) is 20.3 Å². The van der Waals surface area contributed by atoms with Crippen LogP contribution in [0, 0.1) is 5.92 Å². The Bertz CT molecular complexity index is 357. The van der Waals surface area contributed by atoms with Crippen LogP contribution in [-0.4, -0.2) is 41.8 Å². The molecule has 0 spiro atoms. The Balaban J connectivity index is 2.52. The van der Waals surface area contributed by atoms with Crippen LogP contribution in [0.3, 0.4) is 0 Å². The normalized spacial score (nSPS) is 18.8. The monoisotopic (exact) mass is 269 g/mol. The number of nitrogens with zero attached hydrogens (tertiary/aromatic N) is 1. The van der Waals surface area contributed by atoms with Gasteiger partial charge in [0.05, 0.1) is 6.54 Å². The summed E-state index contributed by atoms with van der Waals surface area (Å²) in [5, 5.41) is 2.63. The van der Waals surface area contributed by atoms with Gasteiger partial charge in [-0.15, -0.1) is 0 Å². The molecule has 6 heteroatoms. The molecule has 19 heavy (non-hydrogen) atoms. The number of primary amides is 1. The van der Waals surface area contributed by atoms with E-state index in [0.717, 1.165) is 19.3 Å². The van der Waals surface area contributed by atoms with Gasteiger partial charge in [0.2, 0.25) is 17.7 Å². The second-order valence-electron chi connectivity index (χ2n) is 5.11. The zero-order chi connectivity index (χ0) is 14.4. The Hall–Kier alpha value is -1.59. The Kier molecular flexibility index (Phi) is 5.79. The standard InChI is InChI=1S/C13H23N3O3/c1-3-9(2)12(13(14)19)15-10(17)8-16-7-5-4-6-11(16)18/h9,12H,3-8H2,1-2H3,(H2,14,19)(H,15,17). The van der Waals surface area contributed by atoms with E-state index in [1.165, 1.54) is 4.90 Å². The second-order valence-corrected chi connectivity index (χ2v) is 5.11. The molecule has 3 amide bonds. The molecule has 1 rings (SSSR count). The molecule has 1 fully saturated rings. The van der Waals surface area contributed by atoms with Crippen molar-refractivity contribution in [3.8, 4) is 0 Å². The number of hydrogen-bond donors (Lipinski definition) is 2. The number of nitrogens with one attached hydrogen (secondary N) is 1. The summed E-state index contributed by atoms with van der Waals surface area (Å²) in [5.41, 5.74) is 5.29. The third kappa shape index (κ3) is 4.54. The minimum absolute atomic E-state index is 0.000523. The van der Waals surface area contributed by atoms with Crippen molar-refractivity contribution in [2.75, 3.05) is 13.1 Å². The lowest BCUT2D eigenvalue weighted by atomic mass is 9.98. The van der Waals surface area contributed by atoms with E-state index >= 15 is 0 Å². The van der Waals surface area contributed by atoms with Gasteiger partial charge >= 0.3 is 0 Å². The first-order chi connectivity index (χ1) is 8.95. The van der Waals surface area contributed by atoms with E-state index in [2.05, 4.69) is 5.32 Å². The van der Waals surface area contributed by atoms with Gasteiger partial charge in [0.25, 0.3) is 0 Å². The Morgan fingerprint density at radius 1 is 1.42 bits per heavy atom. The fourth-order valence-electron chi connectivity index (χ4n) is 2.15. The van der Waals surface area contributed by atoms with Gasteiger partial charge in [-0.05, 0) is 18.8 Å². The fourth-order valence-corrected chi connectivity index (χ4v) is 2.15. The smallest absolute Gasteiger partial charge is 0.240 e. The lowest BCUT2D eigenvalue weighted by Gasteiger charge is -2.27. The number of nitrogens with two attached hydrogens (primary N) is 1. The first-order valence-electron chi connectivity index (χ1n) is 6.82. The molecule has 0 aromatic rings. The van der Waals surface area contributed by atoms with Gasteiger partial charge in [0.15, 0.2) is 0 Å². The quantitative estimate of drug-likeness (QED) is 0.711. The van der Waals surface area contributed by atoms with Crippen LogP contribution in [0.4, 0.5) is 0 Å². The highest BCUT2D eigenvalue weighted by Crippen LogP contribution is 2.11. The molecule has 0 aromatic carbocycles. The number of hydrogen-bond acceptors (Lipinski definition) is 3. The molecule has 6 nitrogen and oxygen atoms in total. The van der Waals surface area contributed by atoms with E-state index in [9.17, 15) is 14.4 Å². The summed E-state index contributed by atoms with van der Waals surface area (Å²) in [5.74, 6) is -0.869. The van der Waals surface area contributed by atoms with Crippen molar-refractivity contribution in [1.82, 2.24) is 10.2 Å². The van der Waals surface area contributed by atoms with Crippen LogP contribution in [-0.2, 0) is 14.4 Å². The SMILES string of the molecule is CCC(C)C(NC(=O)CN1CCCCC1=O)C(N)=O. The minimum Gasteiger partial charge on any atom is -0.368 e. The van der Waals surface area contributed by atoms with Crippen LogP contribution in [0.1, 0.15) is 39.5 Å². The summed E-state index contributed by atoms with van der Waals surface area (Å²) in [6.45, 7) is 4.42. The molecule has 1 saturated heterocycles. The van der Waals surface area contributed by atoms with E-state index in [1.807, 2.05) is 13.8 Å². The molecule has 0 saturated carbocycles. The molecule has 2 unspecified atom stereocenters. The predicted octanol–water partition coefficient (Wildman–Crippen LogP) is 0.0151. The van der Waals surface area contributed by atoms with Crippen molar-refractivity contribution < 1.29 is 14.4 Å². The number of carbonyl (C=O) groups excluding carboxylic acids is 3. The summed E-state index contributed by atoms with van der Waals surface area (Å²) in [7, 11) is 0. The molecular weight excluding hydrogens is 246 g/mol. The van der Waals surface area contributed by atoms with Crippen molar-refractivity contribution in [2.24, 2.45) is 11.7 Å². The number of likely N-dealkylation sites (tertiary alicyclic amines) is 1. The van der Waals surface area contributed by atoms with E-state index in [-0.39, 0.29) is 24.3 Å². The molecule has 0 aliphatic carbocycles. The summed E-state index contributed by atoms with van der Waals surface area (Å²) < 4.78 is 0. The van der Waals surface area contributed by atoms with Gasteiger partial charge < -0.3 is 16.0 Å². The molecule has 0 aromatic heterocycles. The molecule has 0 bridgehead atoms. The maximum absolute atomic E-state index is 11.9. The van der Waals surface area contributed by atoms with Gasteiger partial charge in [-0.25, -0.2) is 0 Å². The van der Waals surface area contributed by atoms with Gasteiger partial charge in [-0.3, -0.25) is 14.4 Å². The van der Waals surface area contributed by atoms with Crippen LogP contribution in [0.25, 0.3) is 0 Å². The average Bonchev–Trinajstić information content (AvgIpc) is 2.37. The summed E-state index contributed by atoms with van der Waals surface area (Å²) in [4.78, 5) is 36.3. The van der Waals surface area contributed by atoms with E-state index in [4.69, 9.17) is 5.73 Å². The Morgan fingerprint density at radius 2 is 2.11 bits per heavy atom. The molecule has 1 aliphatic rings. The lowest BCUT2D eigenvalue weighted by molar-refractivity contribution is -0.138. The van der Waals surface area contributed by atoms with Gasteiger partial charge in [0, 0.05) is 13.0 Å². The van der Waals surface area contributed by atoms with Crippen LogP contribution in [0.2, 0.25) is 0 Å². The highest BCUT2D eigenvalue weighted by atomic mass is 16.2. The van der Waals surface area contributed by atoms with Crippen LogP contribution in [0.15, 0.2) is 0 Å². The third-order valence-corrected chi connectivity index (χ3v) is 3.59. The highest BCUT2D eigenvalue weighted by molar-refractivity contribution is 5.89. The molecule has 1 heterocycles. The summed E-state index contributed by atoms with van der Waals surface area (Å²) in [6.07, 6.45) is 3.05. The van der Waals surface area contributed by atoms with E-state index in [0.29, 0.717) is 13.0 Å².